The fourth-order valence-electron chi connectivity index (χ4n) is 4.15. The Labute approximate surface area is 193 Å². The minimum Gasteiger partial charge on any atom is -0.317 e. The smallest absolute Gasteiger partial charge is 0.123 e. The fraction of sp³-hybridized carbons (Fsp3) is 0.464. The maximum Gasteiger partial charge on any atom is 0.123 e. The van der Waals surface area contributed by atoms with Gasteiger partial charge in [0.25, 0.3) is 0 Å². The van der Waals surface area contributed by atoms with Crippen molar-refractivity contribution in [3.05, 3.63) is 71.2 Å². The van der Waals surface area contributed by atoms with E-state index in [1.54, 1.807) is 12.1 Å². The first-order valence-electron chi connectivity index (χ1n) is 12.3. The number of unbranched alkanes of at least 4 members (excludes halogenated alkanes) is 1. The standard InChI is InChI=1S/C24H28FN3.2C2H6/c1-3-4-5-23(22-9-8-20(25)14-17(22)2)18-6-7-19-16-27-28(24(19)15-18)21-10-12-26-13-11-21;2*1-2/h5-9,14-16,21,26H,3-4,10-13H2,1-2H3;2*1-2H3/b23-5-;;. The van der Waals surface area contributed by atoms with Crippen molar-refractivity contribution in [1.82, 2.24) is 15.1 Å². The Balaban J connectivity index is 0.000000860. The van der Waals surface area contributed by atoms with Gasteiger partial charge in [0.2, 0.25) is 0 Å². The van der Waals surface area contributed by atoms with Gasteiger partial charge in [-0.3, -0.25) is 4.68 Å². The van der Waals surface area contributed by atoms with E-state index in [1.165, 1.54) is 22.0 Å². The molecule has 1 N–H and O–H groups in total. The molecule has 2 aromatic carbocycles. The van der Waals surface area contributed by atoms with Crippen LogP contribution in [0.4, 0.5) is 4.39 Å². The number of hydrogen-bond donors (Lipinski definition) is 1. The number of hydrogen-bond acceptors (Lipinski definition) is 2. The summed E-state index contributed by atoms with van der Waals surface area (Å²) in [6, 6.07) is 12.1. The third-order valence-corrected chi connectivity index (χ3v) is 5.68. The first-order chi connectivity index (χ1) is 15.7. The predicted octanol–water partition coefficient (Wildman–Crippen LogP) is 7.69. The molecule has 3 nitrogen and oxygen atoms in total. The number of nitrogens with one attached hydrogen (secondary N) is 1. The van der Waals surface area contributed by atoms with Crippen molar-refractivity contribution in [2.24, 2.45) is 0 Å². The maximum atomic E-state index is 13.7. The minimum atomic E-state index is -0.185. The first kappa shape index (κ1) is 25.8. The van der Waals surface area contributed by atoms with Crippen LogP contribution in [0, 0.1) is 12.7 Å². The van der Waals surface area contributed by atoms with Crippen molar-refractivity contribution >= 4 is 16.5 Å². The van der Waals surface area contributed by atoms with Crippen LogP contribution in [0.15, 0.2) is 48.7 Å². The summed E-state index contributed by atoms with van der Waals surface area (Å²) in [5.74, 6) is -0.185. The van der Waals surface area contributed by atoms with Gasteiger partial charge in [-0.2, -0.15) is 5.10 Å². The van der Waals surface area contributed by atoms with Gasteiger partial charge in [0.15, 0.2) is 0 Å². The molecule has 1 aliphatic heterocycles. The average molecular weight is 438 g/mol. The van der Waals surface area contributed by atoms with Gasteiger partial charge in [0, 0.05) is 5.39 Å². The highest BCUT2D eigenvalue weighted by Gasteiger charge is 2.18. The average Bonchev–Trinajstić information content (AvgIpc) is 3.27. The van der Waals surface area contributed by atoms with Gasteiger partial charge >= 0.3 is 0 Å². The number of allylic oxidation sites excluding steroid dienone is 1. The predicted molar refractivity (Wildman–Crippen MR) is 137 cm³/mol. The summed E-state index contributed by atoms with van der Waals surface area (Å²) in [5, 5.41) is 9.31. The van der Waals surface area contributed by atoms with Crippen LogP contribution in [0.2, 0.25) is 0 Å². The summed E-state index contributed by atoms with van der Waals surface area (Å²) in [7, 11) is 0. The normalized spacial score (nSPS) is 14.4. The Kier molecular flexibility index (Phi) is 10.6. The molecule has 1 aromatic heterocycles. The van der Waals surface area contributed by atoms with Crippen molar-refractivity contribution in [3.8, 4) is 0 Å². The summed E-state index contributed by atoms with van der Waals surface area (Å²) in [5.41, 5.74) is 5.61. The van der Waals surface area contributed by atoms with E-state index in [0.29, 0.717) is 6.04 Å². The Morgan fingerprint density at radius 1 is 1.09 bits per heavy atom. The lowest BCUT2D eigenvalue weighted by molar-refractivity contribution is 0.351. The van der Waals surface area contributed by atoms with Gasteiger partial charge in [0.1, 0.15) is 5.82 Å². The highest BCUT2D eigenvalue weighted by molar-refractivity contribution is 5.88. The number of benzene rings is 2. The molecule has 0 saturated carbocycles. The van der Waals surface area contributed by atoms with E-state index in [1.807, 2.05) is 46.9 Å². The second kappa shape index (κ2) is 13.2. The Morgan fingerprint density at radius 3 is 2.47 bits per heavy atom. The molecule has 0 radical (unpaired) electrons. The Hall–Kier alpha value is -2.46. The molecule has 0 aliphatic carbocycles. The molecule has 0 bridgehead atoms. The van der Waals surface area contributed by atoms with Crippen molar-refractivity contribution in [2.75, 3.05) is 13.1 Å². The van der Waals surface area contributed by atoms with Gasteiger partial charge < -0.3 is 5.32 Å². The number of nitrogens with zero attached hydrogens (tertiary/aromatic N) is 2. The number of aryl methyl sites for hydroxylation is 1. The van der Waals surface area contributed by atoms with E-state index in [4.69, 9.17) is 5.10 Å². The number of piperidine rings is 1. The molecular formula is C28H40FN3. The molecule has 32 heavy (non-hydrogen) atoms. The summed E-state index contributed by atoms with van der Waals surface area (Å²) in [6.07, 6.45) is 8.55. The molecule has 0 spiro atoms. The summed E-state index contributed by atoms with van der Waals surface area (Å²) in [4.78, 5) is 0. The second-order valence-corrected chi connectivity index (χ2v) is 7.71. The van der Waals surface area contributed by atoms with Gasteiger partial charge in [-0.1, -0.05) is 65.3 Å². The van der Waals surface area contributed by atoms with Gasteiger partial charge in [0.05, 0.1) is 17.8 Å². The number of aromatic nitrogens is 2. The van der Waals surface area contributed by atoms with E-state index in [2.05, 4.69) is 41.2 Å². The van der Waals surface area contributed by atoms with Crippen LogP contribution in [0.1, 0.15) is 83.0 Å². The molecule has 3 aromatic rings. The topological polar surface area (TPSA) is 29.9 Å². The Bertz CT molecular complexity index is 997. The van der Waals surface area contributed by atoms with Gasteiger partial charge in [-0.25, -0.2) is 4.39 Å². The first-order valence-corrected chi connectivity index (χ1v) is 12.3. The second-order valence-electron chi connectivity index (χ2n) is 7.71. The maximum absolute atomic E-state index is 13.7. The summed E-state index contributed by atoms with van der Waals surface area (Å²) >= 11 is 0. The van der Waals surface area contributed by atoms with E-state index in [9.17, 15) is 4.39 Å². The third-order valence-electron chi connectivity index (χ3n) is 5.68. The van der Waals surface area contributed by atoms with E-state index >= 15 is 0 Å². The molecule has 1 saturated heterocycles. The van der Waals surface area contributed by atoms with Crippen LogP contribution in [0.25, 0.3) is 16.5 Å². The summed E-state index contributed by atoms with van der Waals surface area (Å²) in [6.45, 7) is 14.3. The molecule has 4 rings (SSSR count). The zero-order valence-corrected chi connectivity index (χ0v) is 20.7. The van der Waals surface area contributed by atoms with E-state index in [0.717, 1.165) is 49.9 Å². The molecule has 1 fully saturated rings. The van der Waals surface area contributed by atoms with Crippen LogP contribution in [0.5, 0.6) is 0 Å². The highest BCUT2D eigenvalue weighted by Crippen LogP contribution is 2.31. The lowest BCUT2D eigenvalue weighted by atomic mass is 9.92. The van der Waals surface area contributed by atoms with Crippen molar-refractivity contribution in [1.29, 1.82) is 0 Å². The molecule has 0 unspecified atom stereocenters. The molecule has 0 atom stereocenters. The zero-order valence-electron chi connectivity index (χ0n) is 20.7. The zero-order chi connectivity index (χ0) is 23.5. The van der Waals surface area contributed by atoms with E-state index in [-0.39, 0.29) is 5.82 Å². The number of halogens is 1. The van der Waals surface area contributed by atoms with E-state index < -0.39 is 0 Å². The van der Waals surface area contributed by atoms with Crippen LogP contribution in [-0.2, 0) is 0 Å². The monoisotopic (exact) mass is 437 g/mol. The van der Waals surface area contributed by atoms with Crippen LogP contribution >= 0.6 is 0 Å². The minimum absolute atomic E-state index is 0.185. The van der Waals surface area contributed by atoms with Gasteiger partial charge in [-0.05, 0) is 79.7 Å². The van der Waals surface area contributed by atoms with Crippen molar-refractivity contribution in [2.45, 2.75) is 73.3 Å². The fourth-order valence-corrected chi connectivity index (χ4v) is 4.15. The van der Waals surface area contributed by atoms with Crippen LogP contribution in [-0.4, -0.2) is 22.9 Å². The molecule has 2 heterocycles. The number of fused-ring (bicyclic) bond motifs is 1. The lowest BCUT2D eigenvalue weighted by Gasteiger charge is -2.24. The van der Waals surface area contributed by atoms with Crippen LogP contribution in [0.3, 0.4) is 0 Å². The molecule has 174 valence electrons. The van der Waals surface area contributed by atoms with Crippen molar-refractivity contribution in [3.63, 3.8) is 0 Å². The number of rotatable bonds is 5. The largest absolute Gasteiger partial charge is 0.317 e. The molecule has 4 heteroatoms. The molecule has 0 amide bonds. The lowest BCUT2D eigenvalue weighted by Crippen LogP contribution is -2.29. The SMILES string of the molecule is CC.CC.CCC/C=C(/c1ccc2cnn(C3CCNCC3)c2c1)c1ccc(F)cc1C. The summed E-state index contributed by atoms with van der Waals surface area (Å²) < 4.78 is 15.9. The highest BCUT2D eigenvalue weighted by atomic mass is 19.1. The Morgan fingerprint density at radius 2 is 1.81 bits per heavy atom. The molecule has 1 aliphatic rings. The van der Waals surface area contributed by atoms with Crippen molar-refractivity contribution < 1.29 is 4.39 Å². The van der Waals surface area contributed by atoms with Gasteiger partial charge in [-0.15, -0.1) is 0 Å². The van der Waals surface area contributed by atoms with Crippen LogP contribution < -0.4 is 5.32 Å². The molecular weight excluding hydrogens is 397 g/mol. The third kappa shape index (κ3) is 6.07. The quantitative estimate of drug-likeness (QED) is 0.443.